The summed E-state index contributed by atoms with van der Waals surface area (Å²) in [4.78, 5) is 17.1. The minimum Gasteiger partial charge on any atom is -0.352 e. The lowest BCUT2D eigenvalue weighted by Crippen LogP contribution is -2.56. The molecule has 2 aliphatic heterocycles. The maximum atomic E-state index is 12.2. The molecule has 2 aliphatic rings. The van der Waals surface area contributed by atoms with Gasteiger partial charge in [0, 0.05) is 44.8 Å². The van der Waals surface area contributed by atoms with Crippen LogP contribution in [0.1, 0.15) is 33.6 Å². The summed E-state index contributed by atoms with van der Waals surface area (Å²) in [6.45, 7) is 12.7. The Labute approximate surface area is 135 Å². The van der Waals surface area contributed by atoms with Gasteiger partial charge in [-0.1, -0.05) is 6.92 Å². The van der Waals surface area contributed by atoms with Crippen molar-refractivity contribution in [2.75, 3.05) is 39.3 Å². The van der Waals surface area contributed by atoms with Crippen LogP contribution in [0, 0.1) is 0 Å². The van der Waals surface area contributed by atoms with Crippen LogP contribution < -0.4 is 10.6 Å². The van der Waals surface area contributed by atoms with Crippen molar-refractivity contribution in [2.24, 2.45) is 0 Å². The van der Waals surface area contributed by atoms with Crippen molar-refractivity contribution in [1.29, 1.82) is 0 Å². The monoisotopic (exact) mass is 318 g/mol. The number of rotatable bonds is 5. The Morgan fingerprint density at radius 3 is 2.48 bits per heavy atom. The fourth-order valence-electron chi connectivity index (χ4n) is 3.07. The van der Waals surface area contributed by atoms with Gasteiger partial charge in [-0.2, -0.15) is 0 Å². The SMILES string of the molecule is CCC(C)NC(=O)C(C)N1CCN(C2CCNC2)CC1.Cl. The van der Waals surface area contributed by atoms with Gasteiger partial charge < -0.3 is 10.6 Å². The smallest absolute Gasteiger partial charge is 0.237 e. The van der Waals surface area contributed by atoms with Crippen molar-refractivity contribution in [3.63, 3.8) is 0 Å². The van der Waals surface area contributed by atoms with Crippen molar-refractivity contribution < 1.29 is 4.79 Å². The summed E-state index contributed by atoms with van der Waals surface area (Å²) in [5, 5.41) is 6.52. The van der Waals surface area contributed by atoms with Crippen LogP contribution in [-0.4, -0.2) is 73.1 Å². The Morgan fingerprint density at radius 1 is 1.29 bits per heavy atom. The number of halogens is 1. The van der Waals surface area contributed by atoms with Crippen molar-refractivity contribution in [3.8, 4) is 0 Å². The zero-order chi connectivity index (χ0) is 14.5. The number of carbonyl (C=O) groups is 1. The second kappa shape index (κ2) is 8.93. The normalized spacial score (nSPS) is 26.9. The number of piperazine rings is 1. The predicted octanol–water partition coefficient (Wildman–Crippen LogP) is 0.691. The van der Waals surface area contributed by atoms with Crippen LogP contribution in [0.15, 0.2) is 0 Å². The molecule has 21 heavy (non-hydrogen) atoms. The zero-order valence-corrected chi connectivity index (χ0v) is 14.4. The van der Waals surface area contributed by atoms with E-state index in [1.807, 2.05) is 6.92 Å². The van der Waals surface area contributed by atoms with Gasteiger partial charge in [0.1, 0.15) is 0 Å². The summed E-state index contributed by atoms with van der Waals surface area (Å²) < 4.78 is 0. The second-order valence-corrected chi connectivity index (χ2v) is 6.21. The van der Waals surface area contributed by atoms with Gasteiger partial charge in [-0.15, -0.1) is 12.4 Å². The van der Waals surface area contributed by atoms with E-state index < -0.39 is 0 Å². The van der Waals surface area contributed by atoms with E-state index in [9.17, 15) is 4.79 Å². The predicted molar refractivity (Wildman–Crippen MR) is 89.0 cm³/mol. The number of hydrogen-bond donors (Lipinski definition) is 2. The van der Waals surface area contributed by atoms with Crippen molar-refractivity contribution in [2.45, 2.75) is 51.7 Å². The van der Waals surface area contributed by atoms with Gasteiger partial charge in [-0.25, -0.2) is 0 Å². The number of hydrogen-bond acceptors (Lipinski definition) is 4. The molecule has 2 heterocycles. The molecule has 0 aromatic carbocycles. The van der Waals surface area contributed by atoms with Gasteiger partial charge in [-0.3, -0.25) is 14.6 Å². The lowest BCUT2D eigenvalue weighted by molar-refractivity contribution is -0.127. The standard InChI is InChI=1S/C15H30N4O.ClH/c1-4-12(2)17-15(20)13(3)18-7-9-19(10-8-18)14-5-6-16-11-14;/h12-14,16H,4-11H2,1-3H3,(H,17,20);1H. The summed E-state index contributed by atoms with van der Waals surface area (Å²) in [7, 11) is 0. The van der Waals surface area contributed by atoms with Crippen molar-refractivity contribution in [3.05, 3.63) is 0 Å². The Hall–Kier alpha value is -0.360. The third-order valence-corrected chi connectivity index (χ3v) is 4.83. The van der Waals surface area contributed by atoms with E-state index in [1.165, 1.54) is 6.42 Å². The van der Waals surface area contributed by atoms with Crippen LogP contribution in [0.25, 0.3) is 0 Å². The topological polar surface area (TPSA) is 47.6 Å². The lowest BCUT2D eigenvalue weighted by Gasteiger charge is -2.40. The molecule has 0 saturated carbocycles. The molecule has 0 radical (unpaired) electrons. The van der Waals surface area contributed by atoms with Gasteiger partial charge in [0.2, 0.25) is 5.91 Å². The van der Waals surface area contributed by atoms with Crippen LogP contribution >= 0.6 is 12.4 Å². The van der Waals surface area contributed by atoms with Gasteiger partial charge in [0.05, 0.1) is 6.04 Å². The van der Waals surface area contributed by atoms with Gasteiger partial charge >= 0.3 is 0 Å². The molecule has 6 heteroatoms. The quantitative estimate of drug-likeness (QED) is 0.783. The molecule has 0 spiro atoms. The molecule has 1 amide bonds. The number of nitrogens with one attached hydrogen (secondary N) is 2. The van der Waals surface area contributed by atoms with E-state index in [-0.39, 0.29) is 30.4 Å². The van der Waals surface area contributed by atoms with Crippen LogP contribution in [0.2, 0.25) is 0 Å². The van der Waals surface area contributed by atoms with Crippen molar-refractivity contribution >= 4 is 18.3 Å². The molecule has 124 valence electrons. The van der Waals surface area contributed by atoms with E-state index in [2.05, 4.69) is 34.3 Å². The maximum Gasteiger partial charge on any atom is 0.237 e. The molecule has 3 atom stereocenters. The largest absolute Gasteiger partial charge is 0.352 e. The molecule has 3 unspecified atom stereocenters. The van der Waals surface area contributed by atoms with E-state index in [4.69, 9.17) is 0 Å². The highest BCUT2D eigenvalue weighted by atomic mass is 35.5. The molecule has 0 aliphatic carbocycles. The molecule has 5 nitrogen and oxygen atoms in total. The molecule has 2 rings (SSSR count). The van der Waals surface area contributed by atoms with Gasteiger partial charge in [-0.05, 0) is 33.2 Å². The van der Waals surface area contributed by atoms with Crippen LogP contribution in [0.3, 0.4) is 0 Å². The minimum absolute atomic E-state index is 0. The summed E-state index contributed by atoms with van der Waals surface area (Å²) in [6.07, 6.45) is 2.25. The Balaban J connectivity index is 0.00000220. The summed E-state index contributed by atoms with van der Waals surface area (Å²) in [5.41, 5.74) is 0. The summed E-state index contributed by atoms with van der Waals surface area (Å²) >= 11 is 0. The van der Waals surface area contributed by atoms with Crippen LogP contribution in [0.4, 0.5) is 0 Å². The first-order chi connectivity index (χ1) is 9.61. The van der Waals surface area contributed by atoms with E-state index >= 15 is 0 Å². The first kappa shape index (κ1) is 18.7. The molecule has 0 aromatic rings. The first-order valence-electron chi connectivity index (χ1n) is 8.11. The highest BCUT2D eigenvalue weighted by molar-refractivity contribution is 5.85. The average Bonchev–Trinajstić information content (AvgIpc) is 3.00. The Bertz CT molecular complexity index is 315. The van der Waals surface area contributed by atoms with E-state index in [0.29, 0.717) is 6.04 Å². The third kappa shape index (κ3) is 5.09. The number of nitrogens with zero attached hydrogens (tertiary/aromatic N) is 2. The average molecular weight is 319 g/mol. The Morgan fingerprint density at radius 2 is 1.95 bits per heavy atom. The molecular weight excluding hydrogens is 288 g/mol. The van der Waals surface area contributed by atoms with E-state index in [0.717, 1.165) is 45.7 Å². The summed E-state index contributed by atoms with van der Waals surface area (Å²) in [6, 6.07) is 0.977. The van der Waals surface area contributed by atoms with Gasteiger partial charge in [0.25, 0.3) is 0 Å². The summed E-state index contributed by atoms with van der Waals surface area (Å²) in [5.74, 6) is 0.176. The van der Waals surface area contributed by atoms with Crippen LogP contribution in [-0.2, 0) is 4.79 Å². The van der Waals surface area contributed by atoms with E-state index in [1.54, 1.807) is 0 Å². The molecule has 0 aromatic heterocycles. The second-order valence-electron chi connectivity index (χ2n) is 6.21. The molecule has 2 fully saturated rings. The molecule has 0 bridgehead atoms. The number of amides is 1. The molecule has 2 saturated heterocycles. The maximum absolute atomic E-state index is 12.2. The third-order valence-electron chi connectivity index (χ3n) is 4.83. The highest BCUT2D eigenvalue weighted by Crippen LogP contribution is 2.13. The fourth-order valence-corrected chi connectivity index (χ4v) is 3.07. The van der Waals surface area contributed by atoms with Gasteiger partial charge in [0.15, 0.2) is 0 Å². The van der Waals surface area contributed by atoms with Crippen LogP contribution in [0.5, 0.6) is 0 Å². The minimum atomic E-state index is -0.00662. The lowest BCUT2D eigenvalue weighted by atomic mass is 10.1. The first-order valence-corrected chi connectivity index (χ1v) is 8.11. The van der Waals surface area contributed by atoms with Crippen molar-refractivity contribution in [1.82, 2.24) is 20.4 Å². The molecular formula is C15H31ClN4O. The zero-order valence-electron chi connectivity index (χ0n) is 13.6. The number of carbonyl (C=O) groups excluding carboxylic acids is 1. The molecule has 2 N–H and O–H groups in total. The Kier molecular flexibility index (Phi) is 7.95. The highest BCUT2D eigenvalue weighted by Gasteiger charge is 2.29. The fraction of sp³-hybridized carbons (Fsp3) is 0.933.